The zero-order chi connectivity index (χ0) is 20.4. The maximum Gasteiger partial charge on any atom is 0.253 e. The van der Waals surface area contributed by atoms with E-state index >= 15 is 0 Å². The molecule has 0 amide bonds. The van der Waals surface area contributed by atoms with Gasteiger partial charge in [0.15, 0.2) is 0 Å². The van der Waals surface area contributed by atoms with Crippen LogP contribution in [0.25, 0.3) is 0 Å². The zero-order valence-corrected chi connectivity index (χ0v) is 17.0. The molecule has 0 radical (unpaired) electrons. The van der Waals surface area contributed by atoms with E-state index in [-0.39, 0.29) is 0 Å². The molecule has 2 aromatic carbocycles. The summed E-state index contributed by atoms with van der Waals surface area (Å²) in [6.07, 6.45) is 2.85. The molecule has 0 saturated carbocycles. The molecule has 0 saturated heterocycles. The maximum atomic E-state index is 12.0. The zero-order valence-electron chi connectivity index (χ0n) is 16.3. The fourth-order valence-corrected chi connectivity index (χ4v) is 3.69. The highest BCUT2D eigenvalue weighted by atomic mass is 35.5. The largest absolute Gasteiger partial charge is 0.380 e. The van der Waals surface area contributed by atoms with Crippen LogP contribution in [-0.2, 0) is 19.4 Å². The van der Waals surface area contributed by atoms with Crippen LogP contribution >= 0.6 is 11.6 Å². The number of nitrogens with one attached hydrogen (secondary N) is 3. The van der Waals surface area contributed by atoms with Crippen LogP contribution in [0.15, 0.2) is 39.9 Å². The topological polar surface area (TPSA) is 83.1 Å². The van der Waals surface area contributed by atoms with E-state index in [9.17, 15) is 9.59 Å². The summed E-state index contributed by atoms with van der Waals surface area (Å²) in [6.45, 7) is 3.84. The Morgan fingerprint density at radius 1 is 1.10 bits per heavy atom. The van der Waals surface area contributed by atoms with E-state index in [1.165, 1.54) is 5.56 Å². The first kappa shape index (κ1) is 19.5. The standard InChI is InChI=1S/C22H23ClN4O2/c1-13-4-5-14(11-17(13)23)12-26-19-18(20(28)21(19)29)24-10-8-16-7-6-15-3-2-9-25-22(15)27-16/h4-7,11,24,26H,2-3,8-10,12H2,1H3,(H,25,27). The molecule has 1 aliphatic rings. The van der Waals surface area contributed by atoms with Gasteiger partial charge in [-0.2, -0.15) is 0 Å². The lowest BCUT2D eigenvalue weighted by atomic mass is 10.1. The van der Waals surface area contributed by atoms with Crippen LogP contribution in [0.4, 0.5) is 17.2 Å². The molecular weight excluding hydrogens is 388 g/mol. The summed E-state index contributed by atoms with van der Waals surface area (Å²) in [5, 5.41) is 10.2. The first-order chi connectivity index (χ1) is 14.0. The SMILES string of the molecule is Cc1ccc(CNc2c(NCCc3ccc4c(n3)NCCC4)c(=O)c2=O)cc1Cl. The molecule has 29 heavy (non-hydrogen) atoms. The van der Waals surface area contributed by atoms with Crippen molar-refractivity contribution in [2.24, 2.45) is 0 Å². The van der Waals surface area contributed by atoms with E-state index in [0.717, 1.165) is 42.0 Å². The second kappa shape index (κ2) is 8.25. The van der Waals surface area contributed by atoms with Gasteiger partial charge in [-0.15, -0.1) is 0 Å². The van der Waals surface area contributed by atoms with Gasteiger partial charge in [0.05, 0.1) is 0 Å². The lowest BCUT2D eigenvalue weighted by Crippen LogP contribution is -2.37. The number of nitrogens with zero attached hydrogens (tertiary/aromatic N) is 1. The molecule has 0 atom stereocenters. The third kappa shape index (κ3) is 4.12. The van der Waals surface area contributed by atoms with E-state index in [1.54, 1.807) is 0 Å². The molecule has 7 heteroatoms. The molecule has 0 bridgehead atoms. The van der Waals surface area contributed by atoms with E-state index < -0.39 is 10.9 Å². The molecule has 3 N–H and O–H groups in total. The molecule has 1 aliphatic heterocycles. The lowest BCUT2D eigenvalue weighted by Gasteiger charge is -2.18. The Kier molecular flexibility index (Phi) is 5.53. The predicted octanol–water partition coefficient (Wildman–Crippen LogP) is 3.26. The highest BCUT2D eigenvalue weighted by molar-refractivity contribution is 6.31. The molecule has 150 valence electrons. The van der Waals surface area contributed by atoms with Gasteiger partial charge in [-0.25, -0.2) is 4.98 Å². The predicted molar refractivity (Wildman–Crippen MR) is 118 cm³/mol. The summed E-state index contributed by atoms with van der Waals surface area (Å²) in [5.41, 5.74) is 3.88. The Bertz CT molecular complexity index is 1120. The average molecular weight is 411 g/mol. The van der Waals surface area contributed by atoms with E-state index in [2.05, 4.69) is 27.0 Å². The van der Waals surface area contributed by atoms with Gasteiger partial charge in [0, 0.05) is 36.8 Å². The fourth-order valence-electron chi connectivity index (χ4n) is 3.49. The minimum atomic E-state index is -0.484. The van der Waals surface area contributed by atoms with Gasteiger partial charge in [0.25, 0.3) is 10.9 Å². The highest BCUT2D eigenvalue weighted by Gasteiger charge is 2.20. The Hall–Kier alpha value is -2.86. The number of rotatable bonds is 7. The summed E-state index contributed by atoms with van der Waals surface area (Å²) in [7, 11) is 0. The molecular formula is C22H23ClN4O2. The van der Waals surface area contributed by atoms with Gasteiger partial charge in [-0.1, -0.05) is 29.8 Å². The second-order valence-electron chi connectivity index (χ2n) is 7.36. The number of halogens is 1. The summed E-state index contributed by atoms with van der Waals surface area (Å²) < 4.78 is 0. The molecule has 0 aliphatic carbocycles. The van der Waals surface area contributed by atoms with Crippen LogP contribution in [0.1, 0.15) is 28.8 Å². The molecule has 6 nitrogen and oxygen atoms in total. The van der Waals surface area contributed by atoms with Crippen LogP contribution in [0.5, 0.6) is 0 Å². The van der Waals surface area contributed by atoms with Gasteiger partial charge in [-0.3, -0.25) is 9.59 Å². The maximum absolute atomic E-state index is 12.0. The van der Waals surface area contributed by atoms with E-state index in [0.29, 0.717) is 35.9 Å². The molecule has 0 spiro atoms. The Labute approximate surface area is 174 Å². The number of benzene rings is 1. The van der Waals surface area contributed by atoms with Crippen molar-refractivity contribution in [2.45, 2.75) is 32.7 Å². The van der Waals surface area contributed by atoms with Gasteiger partial charge < -0.3 is 16.0 Å². The van der Waals surface area contributed by atoms with E-state index in [1.807, 2.05) is 31.2 Å². The second-order valence-corrected chi connectivity index (χ2v) is 7.77. The minimum Gasteiger partial charge on any atom is -0.380 e. The smallest absolute Gasteiger partial charge is 0.253 e. The number of hydrogen-bond acceptors (Lipinski definition) is 6. The number of aryl methyl sites for hydroxylation is 2. The molecule has 1 aromatic heterocycles. The summed E-state index contributed by atoms with van der Waals surface area (Å²) >= 11 is 6.14. The number of pyridine rings is 1. The van der Waals surface area contributed by atoms with Crippen molar-refractivity contribution < 1.29 is 0 Å². The van der Waals surface area contributed by atoms with Crippen molar-refractivity contribution in [3.05, 3.63) is 78.2 Å². The molecule has 4 rings (SSSR count). The van der Waals surface area contributed by atoms with Crippen LogP contribution in [0.2, 0.25) is 5.02 Å². The third-order valence-corrected chi connectivity index (χ3v) is 5.66. The monoisotopic (exact) mass is 410 g/mol. The van der Waals surface area contributed by atoms with Crippen LogP contribution in [0, 0.1) is 6.92 Å². The number of fused-ring (bicyclic) bond motifs is 1. The van der Waals surface area contributed by atoms with Crippen molar-refractivity contribution >= 4 is 28.8 Å². The summed E-state index contributed by atoms with van der Waals surface area (Å²) in [5.74, 6) is 0.960. The van der Waals surface area contributed by atoms with Gasteiger partial charge in [-0.05, 0) is 48.6 Å². The highest BCUT2D eigenvalue weighted by Crippen LogP contribution is 2.21. The van der Waals surface area contributed by atoms with Crippen molar-refractivity contribution in [1.82, 2.24) is 4.98 Å². The van der Waals surface area contributed by atoms with Crippen LogP contribution in [-0.4, -0.2) is 18.1 Å². The Morgan fingerprint density at radius 2 is 1.90 bits per heavy atom. The first-order valence-electron chi connectivity index (χ1n) is 9.81. The average Bonchev–Trinajstić information content (AvgIpc) is 2.74. The molecule has 2 heterocycles. The fraction of sp³-hybridized carbons (Fsp3) is 0.318. The van der Waals surface area contributed by atoms with Gasteiger partial charge in [0.2, 0.25) is 0 Å². The quantitative estimate of drug-likeness (QED) is 0.518. The third-order valence-electron chi connectivity index (χ3n) is 5.25. The van der Waals surface area contributed by atoms with Crippen LogP contribution < -0.4 is 26.8 Å². The molecule has 0 fully saturated rings. The van der Waals surface area contributed by atoms with E-state index in [4.69, 9.17) is 11.6 Å². The van der Waals surface area contributed by atoms with Crippen molar-refractivity contribution in [3.63, 3.8) is 0 Å². The molecule has 3 aromatic rings. The number of hydrogen-bond donors (Lipinski definition) is 3. The number of aromatic nitrogens is 1. The molecule has 0 unspecified atom stereocenters. The minimum absolute atomic E-state index is 0.340. The summed E-state index contributed by atoms with van der Waals surface area (Å²) in [4.78, 5) is 28.6. The normalized spacial score (nSPS) is 13.0. The summed E-state index contributed by atoms with van der Waals surface area (Å²) in [6, 6.07) is 9.87. The van der Waals surface area contributed by atoms with Crippen LogP contribution in [0.3, 0.4) is 0 Å². The van der Waals surface area contributed by atoms with Crippen molar-refractivity contribution in [1.29, 1.82) is 0 Å². The van der Waals surface area contributed by atoms with Gasteiger partial charge in [0.1, 0.15) is 17.2 Å². The number of anilines is 3. The Balaban J connectivity index is 1.36. The lowest BCUT2D eigenvalue weighted by molar-refractivity contribution is 0.809. The first-order valence-corrected chi connectivity index (χ1v) is 10.2. The van der Waals surface area contributed by atoms with Crippen molar-refractivity contribution in [3.8, 4) is 0 Å². The van der Waals surface area contributed by atoms with Crippen molar-refractivity contribution in [2.75, 3.05) is 29.0 Å². The Morgan fingerprint density at radius 3 is 2.69 bits per heavy atom. The van der Waals surface area contributed by atoms with Gasteiger partial charge >= 0.3 is 0 Å².